The highest BCUT2D eigenvalue weighted by Gasteiger charge is 2.32. The fraction of sp³-hybridized carbons (Fsp3) is 1.00. The normalized spacial score (nSPS) is 35.8. The van der Waals surface area contributed by atoms with Crippen LogP contribution in [0.5, 0.6) is 0 Å². The van der Waals surface area contributed by atoms with Crippen LogP contribution in [0.1, 0.15) is 65.7 Å². The zero-order chi connectivity index (χ0) is 11.6. The molecule has 0 spiro atoms. The fourth-order valence-electron chi connectivity index (χ4n) is 3.51. The SMILES string of the molecule is CC(C)(C)CNC1CCC2CCCCC2C1. The number of fused-ring (bicyclic) bond motifs is 1. The molecule has 0 heterocycles. The maximum atomic E-state index is 3.79. The predicted molar refractivity (Wildman–Crippen MR) is 70.5 cm³/mol. The van der Waals surface area contributed by atoms with E-state index in [0.29, 0.717) is 5.41 Å². The molecule has 0 bridgehead atoms. The molecule has 0 aromatic rings. The summed E-state index contributed by atoms with van der Waals surface area (Å²) in [4.78, 5) is 0. The van der Waals surface area contributed by atoms with E-state index in [9.17, 15) is 0 Å². The quantitative estimate of drug-likeness (QED) is 0.746. The highest BCUT2D eigenvalue weighted by atomic mass is 14.9. The highest BCUT2D eigenvalue weighted by Crippen LogP contribution is 2.40. The molecule has 0 radical (unpaired) electrons. The standard InChI is InChI=1S/C15H29N/c1-15(2,3)11-16-14-9-8-12-6-4-5-7-13(12)10-14/h12-14,16H,4-11H2,1-3H3. The molecule has 0 aromatic carbocycles. The lowest BCUT2D eigenvalue weighted by atomic mass is 9.69. The zero-order valence-electron chi connectivity index (χ0n) is 11.4. The molecular weight excluding hydrogens is 194 g/mol. The summed E-state index contributed by atoms with van der Waals surface area (Å²) < 4.78 is 0. The van der Waals surface area contributed by atoms with E-state index in [0.717, 1.165) is 17.9 Å². The van der Waals surface area contributed by atoms with Crippen molar-refractivity contribution in [2.75, 3.05) is 6.54 Å². The summed E-state index contributed by atoms with van der Waals surface area (Å²) >= 11 is 0. The van der Waals surface area contributed by atoms with Crippen molar-refractivity contribution in [1.82, 2.24) is 5.32 Å². The van der Waals surface area contributed by atoms with Gasteiger partial charge in [-0.25, -0.2) is 0 Å². The van der Waals surface area contributed by atoms with Gasteiger partial charge in [-0.3, -0.25) is 0 Å². The monoisotopic (exact) mass is 223 g/mol. The molecule has 16 heavy (non-hydrogen) atoms. The number of nitrogens with one attached hydrogen (secondary N) is 1. The third-order valence-electron chi connectivity index (χ3n) is 4.46. The molecule has 2 aliphatic rings. The molecule has 1 nitrogen and oxygen atoms in total. The summed E-state index contributed by atoms with van der Waals surface area (Å²) in [6.07, 6.45) is 10.4. The zero-order valence-corrected chi connectivity index (χ0v) is 11.4. The van der Waals surface area contributed by atoms with E-state index in [1.165, 1.54) is 51.5 Å². The van der Waals surface area contributed by atoms with Gasteiger partial charge in [-0.1, -0.05) is 46.5 Å². The van der Waals surface area contributed by atoms with Gasteiger partial charge in [-0.15, -0.1) is 0 Å². The van der Waals surface area contributed by atoms with Gasteiger partial charge < -0.3 is 5.32 Å². The van der Waals surface area contributed by atoms with Crippen molar-refractivity contribution >= 4 is 0 Å². The minimum Gasteiger partial charge on any atom is -0.313 e. The molecule has 3 atom stereocenters. The van der Waals surface area contributed by atoms with Crippen molar-refractivity contribution < 1.29 is 0 Å². The van der Waals surface area contributed by atoms with Gasteiger partial charge in [0, 0.05) is 12.6 Å². The lowest BCUT2D eigenvalue weighted by molar-refractivity contribution is 0.139. The van der Waals surface area contributed by atoms with Crippen molar-refractivity contribution in [2.45, 2.75) is 71.8 Å². The average Bonchev–Trinajstić information content (AvgIpc) is 2.25. The van der Waals surface area contributed by atoms with Crippen LogP contribution >= 0.6 is 0 Å². The molecule has 1 N–H and O–H groups in total. The van der Waals surface area contributed by atoms with Crippen LogP contribution in [0, 0.1) is 17.3 Å². The molecule has 2 fully saturated rings. The first-order valence-corrected chi connectivity index (χ1v) is 7.28. The van der Waals surface area contributed by atoms with E-state index in [1.54, 1.807) is 0 Å². The Hall–Kier alpha value is -0.0400. The molecule has 0 amide bonds. The number of hydrogen-bond acceptors (Lipinski definition) is 1. The number of hydrogen-bond donors (Lipinski definition) is 1. The predicted octanol–water partition coefficient (Wildman–Crippen LogP) is 3.98. The minimum atomic E-state index is 0.434. The summed E-state index contributed by atoms with van der Waals surface area (Å²) in [6, 6.07) is 0.818. The van der Waals surface area contributed by atoms with E-state index >= 15 is 0 Å². The van der Waals surface area contributed by atoms with Crippen LogP contribution in [0.15, 0.2) is 0 Å². The summed E-state index contributed by atoms with van der Waals surface area (Å²) in [5.74, 6) is 2.14. The van der Waals surface area contributed by atoms with E-state index in [4.69, 9.17) is 0 Å². The first-order valence-electron chi connectivity index (χ1n) is 7.28. The Morgan fingerprint density at radius 2 is 1.62 bits per heavy atom. The summed E-state index contributed by atoms with van der Waals surface area (Å²) in [5, 5.41) is 3.79. The van der Waals surface area contributed by atoms with Gasteiger partial charge in [0.1, 0.15) is 0 Å². The lowest BCUT2D eigenvalue weighted by Crippen LogP contribution is -2.41. The van der Waals surface area contributed by atoms with Crippen molar-refractivity contribution in [3.8, 4) is 0 Å². The van der Waals surface area contributed by atoms with E-state index in [2.05, 4.69) is 26.1 Å². The first-order chi connectivity index (χ1) is 7.54. The van der Waals surface area contributed by atoms with Crippen molar-refractivity contribution in [2.24, 2.45) is 17.3 Å². The Bertz CT molecular complexity index is 216. The summed E-state index contributed by atoms with van der Waals surface area (Å²) in [5.41, 5.74) is 0.434. The van der Waals surface area contributed by atoms with Gasteiger partial charge in [-0.2, -0.15) is 0 Å². The van der Waals surface area contributed by atoms with Crippen LogP contribution in [-0.4, -0.2) is 12.6 Å². The van der Waals surface area contributed by atoms with Gasteiger partial charge in [0.2, 0.25) is 0 Å². The van der Waals surface area contributed by atoms with Crippen molar-refractivity contribution in [3.63, 3.8) is 0 Å². The minimum absolute atomic E-state index is 0.434. The molecule has 2 aliphatic carbocycles. The smallest absolute Gasteiger partial charge is 0.00701 e. The Balaban J connectivity index is 1.77. The van der Waals surface area contributed by atoms with Crippen LogP contribution < -0.4 is 5.32 Å². The van der Waals surface area contributed by atoms with Crippen LogP contribution in [0.2, 0.25) is 0 Å². The molecular formula is C15H29N. The van der Waals surface area contributed by atoms with Gasteiger partial charge in [0.25, 0.3) is 0 Å². The lowest BCUT2D eigenvalue weighted by Gasteiger charge is -2.40. The molecule has 3 unspecified atom stereocenters. The maximum Gasteiger partial charge on any atom is 0.00701 e. The van der Waals surface area contributed by atoms with Crippen molar-refractivity contribution in [3.05, 3.63) is 0 Å². The van der Waals surface area contributed by atoms with Crippen LogP contribution in [-0.2, 0) is 0 Å². The molecule has 94 valence electrons. The van der Waals surface area contributed by atoms with Crippen LogP contribution in [0.4, 0.5) is 0 Å². The van der Waals surface area contributed by atoms with Crippen LogP contribution in [0.25, 0.3) is 0 Å². The molecule has 0 saturated heterocycles. The summed E-state index contributed by atoms with van der Waals surface area (Å²) in [6.45, 7) is 8.15. The summed E-state index contributed by atoms with van der Waals surface area (Å²) in [7, 11) is 0. The second-order valence-corrected chi connectivity index (χ2v) is 7.26. The second-order valence-electron chi connectivity index (χ2n) is 7.26. The third kappa shape index (κ3) is 3.48. The maximum absolute atomic E-state index is 3.79. The Kier molecular flexibility index (Phi) is 3.94. The molecule has 2 saturated carbocycles. The van der Waals surface area contributed by atoms with Gasteiger partial charge in [-0.05, 0) is 36.5 Å². The van der Waals surface area contributed by atoms with E-state index < -0.39 is 0 Å². The largest absolute Gasteiger partial charge is 0.313 e. The molecule has 1 heteroatoms. The Morgan fingerprint density at radius 3 is 2.31 bits per heavy atom. The van der Waals surface area contributed by atoms with Crippen LogP contribution in [0.3, 0.4) is 0 Å². The van der Waals surface area contributed by atoms with E-state index in [1.807, 2.05) is 0 Å². The molecule has 0 aromatic heterocycles. The van der Waals surface area contributed by atoms with Gasteiger partial charge >= 0.3 is 0 Å². The Labute approximate surface area is 101 Å². The second kappa shape index (κ2) is 5.08. The van der Waals surface area contributed by atoms with Gasteiger partial charge in [0.05, 0.1) is 0 Å². The van der Waals surface area contributed by atoms with E-state index in [-0.39, 0.29) is 0 Å². The Morgan fingerprint density at radius 1 is 0.938 bits per heavy atom. The van der Waals surface area contributed by atoms with Gasteiger partial charge in [0.15, 0.2) is 0 Å². The topological polar surface area (TPSA) is 12.0 Å². The average molecular weight is 223 g/mol. The molecule has 0 aliphatic heterocycles. The van der Waals surface area contributed by atoms with Crippen molar-refractivity contribution in [1.29, 1.82) is 0 Å². The molecule has 2 rings (SSSR count). The fourth-order valence-corrected chi connectivity index (χ4v) is 3.51. The highest BCUT2D eigenvalue weighted by molar-refractivity contribution is 4.86. The first kappa shape index (κ1) is 12.4. The number of rotatable bonds is 2. The third-order valence-corrected chi connectivity index (χ3v) is 4.46.